The Morgan fingerprint density at radius 3 is 1.00 bits per heavy atom. The van der Waals surface area contributed by atoms with Gasteiger partial charge in [-0.2, -0.15) is 0 Å². The number of rotatable bonds is 24. The van der Waals surface area contributed by atoms with Crippen LogP contribution >= 0.6 is 22.7 Å². The van der Waals surface area contributed by atoms with Crippen molar-refractivity contribution in [3.63, 3.8) is 0 Å². The van der Waals surface area contributed by atoms with Gasteiger partial charge in [0.1, 0.15) is 24.4 Å². The maximum absolute atomic E-state index is 12.8. The number of ether oxygens (including phenoxy) is 8. The summed E-state index contributed by atoms with van der Waals surface area (Å²) in [5, 5.41) is 2.42. The average molecular weight is 1070 g/mol. The summed E-state index contributed by atoms with van der Waals surface area (Å²) >= 11 is 3.58. The molecule has 0 fully saturated rings. The molecule has 0 radical (unpaired) electrons. The lowest BCUT2D eigenvalue weighted by Crippen LogP contribution is -2.23. The molecule has 2 aliphatic rings. The van der Waals surface area contributed by atoms with Crippen molar-refractivity contribution in [1.82, 2.24) is 0 Å². The highest BCUT2D eigenvalue weighted by atomic mass is 32.1. The fourth-order valence-electron chi connectivity index (χ4n) is 9.77. The third-order valence-corrected chi connectivity index (χ3v) is 16.4. The quantitative estimate of drug-likeness (QED) is 0.0246. The van der Waals surface area contributed by atoms with Crippen LogP contribution in [0.1, 0.15) is 199 Å². The van der Waals surface area contributed by atoms with Crippen LogP contribution in [0, 0.1) is 0 Å². The monoisotopic (exact) mass is 1070 g/mol. The number of thiophene rings is 2. The van der Waals surface area contributed by atoms with Gasteiger partial charge in [0.2, 0.25) is 0 Å². The van der Waals surface area contributed by atoms with Crippen molar-refractivity contribution in [1.29, 1.82) is 0 Å². The van der Waals surface area contributed by atoms with E-state index in [4.69, 9.17) is 37.9 Å². The number of carbonyl (C=O) groups is 4. The van der Waals surface area contributed by atoms with Crippen LogP contribution in [0.15, 0.2) is 72.8 Å². The zero-order valence-corrected chi connectivity index (χ0v) is 46.0. The van der Waals surface area contributed by atoms with Crippen molar-refractivity contribution < 1.29 is 57.1 Å². The lowest BCUT2D eigenvalue weighted by molar-refractivity contribution is -0.0114. The smallest absolute Gasteiger partial charge is 0.434 e. The van der Waals surface area contributed by atoms with E-state index < -0.39 is 49.0 Å². The SMILES string of the molecule is CCCCCOC(=O)OC1CCC(OC(=O)OCCCCC)c2cc(/C=C/c3ccc4c(c3)sc3c5ccc(/C=C/c6ccc7c(c6)C(OC(=O)OCCCCC)CCC7OC(=O)OCCCCC)cc5sc43)ccc21. The van der Waals surface area contributed by atoms with Crippen LogP contribution in [0.5, 0.6) is 0 Å². The van der Waals surface area contributed by atoms with E-state index in [1.807, 2.05) is 36.4 Å². The molecule has 2 heterocycles. The van der Waals surface area contributed by atoms with E-state index in [0.29, 0.717) is 52.1 Å². The maximum Gasteiger partial charge on any atom is 0.508 e. The predicted molar refractivity (Wildman–Crippen MR) is 303 cm³/mol. The van der Waals surface area contributed by atoms with Crippen LogP contribution in [0.4, 0.5) is 19.2 Å². The number of hydrogen-bond acceptors (Lipinski definition) is 14. The van der Waals surface area contributed by atoms with E-state index in [1.165, 1.54) is 29.6 Å². The van der Waals surface area contributed by atoms with E-state index in [-0.39, 0.29) is 0 Å². The number of hydrogen-bond donors (Lipinski definition) is 0. The van der Waals surface area contributed by atoms with Gasteiger partial charge in [-0.1, -0.05) is 152 Å². The molecule has 0 saturated heterocycles. The fraction of sp³-hybridized carbons (Fsp3) is 0.452. The van der Waals surface area contributed by atoms with Gasteiger partial charge in [-0.25, -0.2) is 19.2 Å². The molecule has 2 aliphatic carbocycles. The maximum atomic E-state index is 12.8. The average Bonchev–Trinajstić information content (AvgIpc) is 4.03. The topological polar surface area (TPSA) is 142 Å². The zero-order valence-electron chi connectivity index (χ0n) is 44.4. The van der Waals surface area contributed by atoms with Crippen LogP contribution < -0.4 is 0 Å². The third kappa shape index (κ3) is 15.0. The molecule has 0 amide bonds. The number of carbonyl (C=O) groups excluding carboxylic acids is 4. The van der Waals surface area contributed by atoms with E-state index in [9.17, 15) is 19.2 Å². The van der Waals surface area contributed by atoms with E-state index >= 15 is 0 Å². The summed E-state index contributed by atoms with van der Waals surface area (Å²) in [6.45, 7) is 9.64. The standard InChI is InChI=1S/C62H72O12S2/c1-5-9-13-33-67-59(63)71-51-29-31-53(73-61(65)69-35-15-11-7-3)49-37-41(21-25-45(49)51)17-19-43-23-27-47-55(39-43)75-58-48-28-24-44(40-56(48)76-57(47)58)20-18-42-22-26-46-50(38-42)54(74-62(66)70-36-16-12-8-4)32-30-52(46)72-60(64)68-34-14-10-6-2/h17-28,37-40,51-54H,5-16,29-36H2,1-4H3/b19-17+,20-18+. The molecular formula is C62H72O12S2. The van der Waals surface area contributed by atoms with Gasteiger partial charge in [0, 0.05) is 31.3 Å². The van der Waals surface area contributed by atoms with Crippen molar-refractivity contribution >= 4 is 101 Å². The molecule has 4 atom stereocenters. The van der Waals surface area contributed by atoms with Gasteiger partial charge in [-0.05, 0) is 109 Å². The highest BCUT2D eigenvalue weighted by Gasteiger charge is 2.34. The summed E-state index contributed by atoms with van der Waals surface area (Å²) in [5.74, 6) is 0. The van der Waals surface area contributed by atoms with Crippen LogP contribution in [0.3, 0.4) is 0 Å². The summed E-state index contributed by atoms with van der Waals surface area (Å²) in [6.07, 6.45) is 16.4. The minimum Gasteiger partial charge on any atom is -0.434 e. The summed E-state index contributed by atoms with van der Waals surface area (Å²) in [7, 11) is 0. The highest BCUT2D eigenvalue weighted by Crippen LogP contribution is 2.46. The zero-order chi connectivity index (χ0) is 53.2. The third-order valence-electron chi connectivity index (χ3n) is 13.9. The first-order chi connectivity index (χ1) is 37.1. The molecule has 14 heteroatoms. The van der Waals surface area contributed by atoms with Crippen molar-refractivity contribution in [3.05, 3.63) is 117 Å². The largest absolute Gasteiger partial charge is 0.508 e. The Morgan fingerprint density at radius 1 is 0.395 bits per heavy atom. The first-order valence-electron chi connectivity index (χ1n) is 27.5. The van der Waals surface area contributed by atoms with Crippen molar-refractivity contribution in [2.24, 2.45) is 0 Å². The van der Waals surface area contributed by atoms with Crippen LogP contribution in [0.25, 0.3) is 53.9 Å². The lowest BCUT2D eigenvalue weighted by Gasteiger charge is -2.30. The van der Waals surface area contributed by atoms with Gasteiger partial charge in [-0.3, -0.25) is 0 Å². The number of benzene rings is 4. The molecule has 8 rings (SSSR count). The normalized spacial score (nSPS) is 17.2. The molecule has 404 valence electrons. The molecule has 0 aliphatic heterocycles. The molecule has 0 spiro atoms. The fourth-order valence-corrected chi connectivity index (χ4v) is 12.5. The first-order valence-corrected chi connectivity index (χ1v) is 29.1. The minimum absolute atomic E-state index is 0.311. The molecule has 2 aromatic heterocycles. The lowest BCUT2D eigenvalue weighted by atomic mass is 9.86. The van der Waals surface area contributed by atoms with Gasteiger partial charge in [0.15, 0.2) is 0 Å². The summed E-state index contributed by atoms with van der Waals surface area (Å²) in [4.78, 5) is 50.9. The van der Waals surface area contributed by atoms with Gasteiger partial charge in [0.05, 0.1) is 35.8 Å². The Kier molecular flexibility index (Phi) is 20.7. The Bertz CT molecular complexity index is 2790. The molecule has 0 N–H and O–H groups in total. The molecule has 4 unspecified atom stereocenters. The second-order valence-corrected chi connectivity index (χ2v) is 21.7. The molecule has 6 aromatic rings. The van der Waals surface area contributed by atoms with E-state index in [0.717, 1.165) is 122 Å². The molecule has 12 nitrogen and oxygen atoms in total. The minimum atomic E-state index is -0.694. The molecule has 4 aromatic carbocycles. The number of fused-ring (bicyclic) bond motifs is 7. The molecule has 76 heavy (non-hydrogen) atoms. The van der Waals surface area contributed by atoms with E-state index in [1.54, 1.807) is 22.7 Å². The second-order valence-electron chi connectivity index (χ2n) is 19.6. The van der Waals surface area contributed by atoms with Crippen LogP contribution in [-0.4, -0.2) is 51.0 Å². The Hall–Kier alpha value is -6.38. The summed E-state index contributed by atoms with van der Waals surface area (Å²) in [6, 6.07) is 25.0. The Labute approximate surface area is 454 Å². The summed E-state index contributed by atoms with van der Waals surface area (Å²) in [5.41, 5.74) is 7.11. The summed E-state index contributed by atoms with van der Waals surface area (Å²) < 4.78 is 49.8. The number of unbranched alkanes of at least 4 members (excludes halogenated alkanes) is 8. The van der Waals surface area contributed by atoms with Crippen LogP contribution in [0.2, 0.25) is 0 Å². The van der Waals surface area contributed by atoms with E-state index in [2.05, 4.69) is 88.4 Å². The molecule has 0 bridgehead atoms. The van der Waals surface area contributed by atoms with Gasteiger partial charge >= 0.3 is 24.6 Å². The predicted octanol–water partition coefficient (Wildman–Crippen LogP) is 18.7. The van der Waals surface area contributed by atoms with Gasteiger partial charge < -0.3 is 37.9 Å². The van der Waals surface area contributed by atoms with Crippen molar-refractivity contribution in [2.75, 3.05) is 26.4 Å². The van der Waals surface area contributed by atoms with Gasteiger partial charge in [0.25, 0.3) is 0 Å². The van der Waals surface area contributed by atoms with Crippen LogP contribution in [-0.2, 0) is 37.9 Å². The van der Waals surface area contributed by atoms with Gasteiger partial charge in [-0.15, -0.1) is 22.7 Å². The first kappa shape index (κ1) is 55.8. The Morgan fingerprint density at radius 2 is 0.684 bits per heavy atom. The second kappa shape index (κ2) is 28.1. The molecular weight excluding hydrogens is 1000 g/mol. The van der Waals surface area contributed by atoms with Crippen molar-refractivity contribution in [2.45, 2.75) is 155 Å². The van der Waals surface area contributed by atoms with Crippen molar-refractivity contribution in [3.8, 4) is 0 Å². The highest BCUT2D eigenvalue weighted by molar-refractivity contribution is 7.36. The Balaban J connectivity index is 0.968. The molecule has 0 saturated carbocycles.